The number of piperazine rings is 1. The van der Waals surface area contributed by atoms with E-state index in [1.165, 1.54) is 16.7 Å². The molecule has 2 aliphatic heterocycles. The van der Waals surface area contributed by atoms with Crippen LogP contribution in [0.5, 0.6) is 0 Å². The van der Waals surface area contributed by atoms with Gasteiger partial charge < -0.3 is 19.9 Å². The van der Waals surface area contributed by atoms with Crippen LogP contribution in [0.3, 0.4) is 0 Å². The van der Waals surface area contributed by atoms with Gasteiger partial charge in [-0.25, -0.2) is 0 Å². The van der Waals surface area contributed by atoms with Gasteiger partial charge in [-0.2, -0.15) is 0 Å². The molecule has 0 aliphatic carbocycles. The molecule has 1 aromatic rings. The standard InChI is InChI=1S/C22H35N5O2/c1-18-14-19(2)16-20(15-18)4-5-24-22(23-3)27-8-6-25(7-9-27)17-21(28)26-10-12-29-13-11-26/h14-16H,4-13,17H2,1-3H3,(H,23,24). The van der Waals surface area contributed by atoms with E-state index in [-0.39, 0.29) is 5.91 Å². The molecule has 0 spiro atoms. The largest absolute Gasteiger partial charge is 0.378 e. The number of hydrogen-bond donors (Lipinski definition) is 1. The highest BCUT2D eigenvalue weighted by Gasteiger charge is 2.24. The molecule has 29 heavy (non-hydrogen) atoms. The molecule has 2 saturated heterocycles. The van der Waals surface area contributed by atoms with E-state index in [0.29, 0.717) is 19.8 Å². The van der Waals surface area contributed by atoms with Crippen molar-refractivity contribution in [3.63, 3.8) is 0 Å². The van der Waals surface area contributed by atoms with Crippen LogP contribution in [0.15, 0.2) is 23.2 Å². The summed E-state index contributed by atoms with van der Waals surface area (Å²) in [6, 6.07) is 6.71. The van der Waals surface area contributed by atoms with Crippen molar-refractivity contribution >= 4 is 11.9 Å². The quantitative estimate of drug-likeness (QED) is 0.587. The maximum atomic E-state index is 12.4. The summed E-state index contributed by atoms with van der Waals surface area (Å²) in [5.74, 6) is 1.17. The van der Waals surface area contributed by atoms with Gasteiger partial charge in [-0.05, 0) is 25.8 Å². The van der Waals surface area contributed by atoms with Crippen LogP contribution in [0.1, 0.15) is 16.7 Å². The van der Waals surface area contributed by atoms with Gasteiger partial charge in [-0.3, -0.25) is 14.7 Å². The van der Waals surface area contributed by atoms with Crippen molar-refractivity contribution in [2.45, 2.75) is 20.3 Å². The molecule has 1 amide bonds. The van der Waals surface area contributed by atoms with Crippen molar-refractivity contribution < 1.29 is 9.53 Å². The van der Waals surface area contributed by atoms with Crippen molar-refractivity contribution in [1.29, 1.82) is 0 Å². The predicted octanol–water partition coefficient (Wildman–Crippen LogP) is 0.898. The monoisotopic (exact) mass is 401 g/mol. The second-order valence-corrected chi connectivity index (χ2v) is 7.98. The van der Waals surface area contributed by atoms with Gasteiger partial charge in [0.15, 0.2) is 5.96 Å². The summed E-state index contributed by atoms with van der Waals surface area (Å²) in [6.45, 7) is 12.0. The van der Waals surface area contributed by atoms with E-state index in [4.69, 9.17) is 4.74 Å². The Bertz CT molecular complexity index is 687. The van der Waals surface area contributed by atoms with Gasteiger partial charge in [-0.1, -0.05) is 29.3 Å². The molecule has 2 fully saturated rings. The van der Waals surface area contributed by atoms with E-state index in [2.05, 4.69) is 52.2 Å². The molecule has 0 bridgehead atoms. The minimum atomic E-state index is 0.220. The molecule has 2 aliphatic rings. The SMILES string of the molecule is CN=C(NCCc1cc(C)cc(C)c1)N1CCN(CC(=O)N2CCOCC2)CC1. The van der Waals surface area contributed by atoms with E-state index in [9.17, 15) is 4.79 Å². The van der Waals surface area contributed by atoms with E-state index in [1.807, 2.05) is 11.9 Å². The molecule has 7 nitrogen and oxygen atoms in total. The number of amides is 1. The zero-order chi connectivity index (χ0) is 20.6. The number of aryl methyl sites for hydroxylation is 2. The summed E-state index contributed by atoms with van der Waals surface area (Å²) >= 11 is 0. The fourth-order valence-electron chi connectivity index (χ4n) is 4.09. The lowest BCUT2D eigenvalue weighted by molar-refractivity contribution is -0.136. The van der Waals surface area contributed by atoms with Gasteiger partial charge in [0.2, 0.25) is 5.91 Å². The number of nitrogens with zero attached hydrogens (tertiary/aromatic N) is 4. The summed E-state index contributed by atoms with van der Waals surface area (Å²) in [5.41, 5.74) is 3.98. The lowest BCUT2D eigenvalue weighted by atomic mass is 10.1. The number of rotatable bonds is 5. The Labute approximate surface area is 174 Å². The third-order valence-electron chi connectivity index (χ3n) is 5.58. The van der Waals surface area contributed by atoms with Crippen LogP contribution in [-0.4, -0.2) is 99.2 Å². The first-order chi connectivity index (χ1) is 14.0. The zero-order valence-electron chi connectivity index (χ0n) is 18.1. The molecule has 1 aromatic carbocycles. The topological polar surface area (TPSA) is 60.4 Å². The van der Waals surface area contributed by atoms with Gasteiger partial charge in [-0.15, -0.1) is 0 Å². The second kappa shape index (κ2) is 10.6. The van der Waals surface area contributed by atoms with Crippen LogP contribution >= 0.6 is 0 Å². The van der Waals surface area contributed by atoms with Crippen LogP contribution in [0.2, 0.25) is 0 Å². The summed E-state index contributed by atoms with van der Waals surface area (Å²) in [7, 11) is 1.84. The highest BCUT2D eigenvalue weighted by molar-refractivity contribution is 5.80. The molecule has 3 rings (SSSR count). The molecule has 1 N–H and O–H groups in total. The number of carbonyl (C=O) groups is 1. The van der Waals surface area contributed by atoms with Gasteiger partial charge in [0.05, 0.1) is 19.8 Å². The summed E-state index contributed by atoms with van der Waals surface area (Å²) in [5, 5.41) is 3.50. The van der Waals surface area contributed by atoms with E-state index in [1.54, 1.807) is 0 Å². The molecule has 2 heterocycles. The fourth-order valence-corrected chi connectivity index (χ4v) is 4.09. The number of ether oxygens (including phenoxy) is 1. The highest BCUT2D eigenvalue weighted by atomic mass is 16.5. The number of nitrogens with one attached hydrogen (secondary N) is 1. The molecule has 0 radical (unpaired) electrons. The van der Waals surface area contributed by atoms with E-state index >= 15 is 0 Å². The smallest absolute Gasteiger partial charge is 0.236 e. The van der Waals surface area contributed by atoms with Crippen LogP contribution in [0.4, 0.5) is 0 Å². The van der Waals surface area contributed by atoms with E-state index in [0.717, 1.165) is 58.2 Å². The highest BCUT2D eigenvalue weighted by Crippen LogP contribution is 2.09. The van der Waals surface area contributed by atoms with Gasteiger partial charge >= 0.3 is 0 Å². The number of hydrogen-bond acceptors (Lipinski definition) is 4. The Hall–Kier alpha value is -2.12. The Morgan fingerprint density at radius 3 is 2.28 bits per heavy atom. The summed E-state index contributed by atoms with van der Waals surface area (Å²) in [6.07, 6.45) is 0.982. The molecule has 0 atom stereocenters. The van der Waals surface area contributed by atoms with Crippen LogP contribution in [0.25, 0.3) is 0 Å². The average Bonchev–Trinajstić information content (AvgIpc) is 2.72. The summed E-state index contributed by atoms with van der Waals surface area (Å²) in [4.78, 5) is 23.4. The summed E-state index contributed by atoms with van der Waals surface area (Å²) < 4.78 is 5.33. The molecular formula is C22H35N5O2. The molecular weight excluding hydrogens is 366 g/mol. The predicted molar refractivity (Wildman–Crippen MR) is 116 cm³/mol. The second-order valence-electron chi connectivity index (χ2n) is 7.98. The molecule has 160 valence electrons. The first-order valence-corrected chi connectivity index (χ1v) is 10.7. The van der Waals surface area contributed by atoms with Crippen molar-refractivity contribution in [2.75, 3.05) is 72.6 Å². The lowest BCUT2D eigenvalue weighted by Gasteiger charge is -2.37. The molecule has 0 saturated carbocycles. The lowest BCUT2D eigenvalue weighted by Crippen LogP contribution is -2.55. The van der Waals surface area contributed by atoms with E-state index < -0.39 is 0 Å². The molecule has 0 aromatic heterocycles. The average molecular weight is 402 g/mol. The third kappa shape index (κ3) is 6.44. The van der Waals surface area contributed by atoms with Gasteiger partial charge in [0.1, 0.15) is 0 Å². The van der Waals surface area contributed by atoms with Crippen LogP contribution in [-0.2, 0) is 16.0 Å². The number of benzene rings is 1. The van der Waals surface area contributed by atoms with Crippen LogP contribution < -0.4 is 5.32 Å². The normalized spacial score (nSPS) is 18.8. The Morgan fingerprint density at radius 2 is 1.66 bits per heavy atom. The van der Waals surface area contributed by atoms with Crippen molar-refractivity contribution in [3.8, 4) is 0 Å². The maximum Gasteiger partial charge on any atom is 0.236 e. The minimum Gasteiger partial charge on any atom is -0.378 e. The number of aliphatic imine (C=N–C) groups is 1. The first-order valence-electron chi connectivity index (χ1n) is 10.7. The Kier molecular flexibility index (Phi) is 7.89. The fraction of sp³-hybridized carbons (Fsp3) is 0.636. The van der Waals surface area contributed by atoms with Gasteiger partial charge in [0, 0.05) is 52.9 Å². The van der Waals surface area contributed by atoms with Crippen molar-refractivity contribution in [2.24, 2.45) is 4.99 Å². The zero-order valence-corrected chi connectivity index (χ0v) is 18.1. The third-order valence-corrected chi connectivity index (χ3v) is 5.58. The number of morpholine rings is 1. The number of carbonyl (C=O) groups excluding carboxylic acids is 1. The van der Waals surface area contributed by atoms with Gasteiger partial charge in [0.25, 0.3) is 0 Å². The molecule has 0 unspecified atom stereocenters. The molecule has 7 heteroatoms. The Morgan fingerprint density at radius 1 is 1.00 bits per heavy atom. The minimum absolute atomic E-state index is 0.220. The number of guanidine groups is 1. The Balaban J connectivity index is 1.40. The van der Waals surface area contributed by atoms with Crippen molar-refractivity contribution in [3.05, 3.63) is 34.9 Å². The van der Waals surface area contributed by atoms with Crippen molar-refractivity contribution in [1.82, 2.24) is 20.0 Å². The van der Waals surface area contributed by atoms with Crippen LogP contribution in [0, 0.1) is 13.8 Å². The first kappa shape index (κ1) is 21.6. The maximum absolute atomic E-state index is 12.4.